The van der Waals surface area contributed by atoms with Gasteiger partial charge in [0.05, 0.1) is 12.2 Å². The molecule has 0 radical (unpaired) electrons. The van der Waals surface area contributed by atoms with E-state index in [4.69, 9.17) is 10.5 Å². The van der Waals surface area contributed by atoms with E-state index in [2.05, 4.69) is 15.9 Å². The zero-order valence-corrected chi connectivity index (χ0v) is 12.0. The number of methoxy groups -OCH3 is 1. The van der Waals surface area contributed by atoms with Gasteiger partial charge in [0, 0.05) is 18.0 Å². The Kier molecular flexibility index (Phi) is 6.21. The van der Waals surface area contributed by atoms with Gasteiger partial charge in [-0.2, -0.15) is 0 Å². The lowest BCUT2D eigenvalue weighted by Gasteiger charge is -2.28. The minimum absolute atomic E-state index is 0.233. The van der Waals surface area contributed by atoms with Gasteiger partial charge in [0.15, 0.2) is 0 Å². The van der Waals surface area contributed by atoms with Gasteiger partial charge in [-0.15, -0.1) is 0 Å². The number of hydrogen-bond acceptors (Lipinski definition) is 3. The first-order valence-corrected chi connectivity index (χ1v) is 6.65. The lowest BCUT2D eigenvalue weighted by atomic mass is 9.90. The average molecular weight is 320 g/mol. The number of aliphatic hydroxyl groups is 1. The van der Waals surface area contributed by atoms with Crippen LogP contribution < -0.4 is 5.73 Å². The Labute approximate surface area is 115 Å². The van der Waals surface area contributed by atoms with E-state index in [1.807, 2.05) is 0 Å². The van der Waals surface area contributed by atoms with Gasteiger partial charge in [-0.05, 0) is 37.1 Å². The highest BCUT2D eigenvalue weighted by atomic mass is 79.9. The van der Waals surface area contributed by atoms with Crippen molar-refractivity contribution in [1.29, 1.82) is 0 Å². The van der Waals surface area contributed by atoms with Gasteiger partial charge in [-0.3, -0.25) is 0 Å². The van der Waals surface area contributed by atoms with Crippen LogP contribution in [0.4, 0.5) is 4.39 Å². The van der Waals surface area contributed by atoms with Crippen LogP contribution in [0.5, 0.6) is 0 Å². The molecule has 1 unspecified atom stereocenters. The molecule has 0 aliphatic carbocycles. The molecule has 1 aromatic carbocycles. The molecule has 102 valence electrons. The van der Waals surface area contributed by atoms with Gasteiger partial charge in [-0.1, -0.05) is 22.0 Å². The maximum absolute atomic E-state index is 13.0. The van der Waals surface area contributed by atoms with Crippen molar-refractivity contribution in [1.82, 2.24) is 0 Å². The quantitative estimate of drug-likeness (QED) is 0.810. The summed E-state index contributed by atoms with van der Waals surface area (Å²) in [7, 11) is 1.55. The van der Waals surface area contributed by atoms with E-state index in [1.54, 1.807) is 13.2 Å². The minimum atomic E-state index is -0.964. The van der Waals surface area contributed by atoms with Gasteiger partial charge in [0.2, 0.25) is 0 Å². The second kappa shape index (κ2) is 7.19. The molecule has 18 heavy (non-hydrogen) atoms. The van der Waals surface area contributed by atoms with Crippen molar-refractivity contribution in [3.05, 3.63) is 34.1 Å². The molecule has 0 bridgehead atoms. The summed E-state index contributed by atoms with van der Waals surface area (Å²) in [4.78, 5) is 0. The molecular weight excluding hydrogens is 301 g/mol. The van der Waals surface area contributed by atoms with Crippen LogP contribution in [-0.2, 0) is 11.2 Å². The van der Waals surface area contributed by atoms with Gasteiger partial charge >= 0.3 is 0 Å². The van der Waals surface area contributed by atoms with Crippen LogP contribution in [0.1, 0.15) is 18.4 Å². The largest absolute Gasteiger partial charge is 0.387 e. The van der Waals surface area contributed by atoms with E-state index in [0.29, 0.717) is 23.9 Å². The Morgan fingerprint density at radius 2 is 2.22 bits per heavy atom. The first-order valence-electron chi connectivity index (χ1n) is 5.86. The number of ether oxygens (including phenoxy) is 1. The highest BCUT2D eigenvalue weighted by Gasteiger charge is 2.27. The Bertz CT molecular complexity index is 389. The number of nitrogens with two attached hydrogens (primary N) is 1. The Balaban J connectivity index is 2.81. The fourth-order valence-corrected chi connectivity index (χ4v) is 2.42. The third kappa shape index (κ3) is 4.65. The van der Waals surface area contributed by atoms with Gasteiger partial charge < -0.3 is 15.6 Å². The van der Waals surface area contributed by atoms with Crippen LogP contribution in [0.3, 0.4) is 0 Å². The Morgan fingerprint density at radius 3 is 2.78 bits per heavy atom. The fraction of sp³-hybridized carbons (Fsp3) is 0.538. The molecule has 3 N–H and O–H groups in total. The summed E-state index contributed by atoms with van der Waals surface area (Å²) in [6.07, 6.45) is 1.68. The topological polar surface area (TPSA) is 55.5 Å². The standard InChI is InChI=1S/C13H19BrFNO2/c1-18-9-13(17,5-2-6-16)8-10-3-4-11(15)7-12(10)14/h3-4,7,17H,2,5-6,8-9,16H2,1H3. The predicted molar refractivity (Wildman–Crippen MR) is 72.9 cm³/mol. The Morgan fingerprint density at radius 1 is 1.50 bits per heavy atom. The van der Waals surface area contributed by atoms with Gasteiger partial charge in [0.25, 0.3) is 0 Å². The molecule has 0 heterocycles. The molecular formula is C13H19BrFNO2. The van der Waals surface area contributed by atoms with Crippen LogP contribution in [0.2, 0.25) is 0 Å². The lowest BCUT2D eigenvalue weighted by molar-refractivity contribution is -0.0376. The first-order chi connectivity index (χ1) is 8.50. The van der Waals surface area contributed by atoms with Crippen molar-refractivity contribution in [2.75, 3.05) is 20.3 Å². The van der Waals surface area contributed by atoms with Crippen molar-refractivity contribution in [3.8, 4) is 0 Å². The predicted octanol–water partition coefficient (Wildman–Crippen LogP) is 2.25. The van der Waals surface area contributed by atoms with Crippen LogP contribution in [-0.4, -0.2) is 31.0 Å². The minimum Gasteiger partial charge on any atom is -0.387 e. The number of hydrogen-bond donors (Lipinski definition) is 2. The third-order valence-electron chi connectivity index (χ3n) is 2.79. The maximum atomic E-state index is 13.0. The van der Waals surface area contributed by atoms with Crippen molar-refractivity contribution >= 4 is 15.9 Å². The zero-order chi connectivity index (χ0) is 13.6. The lowest BCUT2D eigenvalue weighted by Crippen LogP contribution is -2.37. The molecule has 5 heteroatoms. The SMILES string of the molecule is COCC(O)(CCCN)Cc1ccc(F)cc1Br. The molecule has 0 aromatic heterocycles. The van der Waals surface area contributed by atoms with Crippen LogP contribution in [0.15, 0.2) is 22.7 Å². The van der Waals surface area contributed by atoms with Crippen LogP contribution in [0.25, 0.3) is 0 Å². The van der Waals surface area contributed by atoms with Crippen LogP contribution >= 0.6 is 15.9 Å². The maximum Gasteiger partial charge on any atom is 0.124 e. The summed E-state index contributed by atoms with van der Waals surface area (Å²) < 4.78 is 18.7. The fourth-order valence-electron chi connectivity index (χ4n) is 1.93. The van der Waals surface area contributed by atoms with E-state index in [9.17, 15) is 9.50 Å². The summed E-state index contributed by atoms with van der Waals surface area (Å²) in [5, 5.41) is 10.5. The number of benzene rings is 1. The van der Waals surface area contributed by atoms with Gasteiger partial charge in [-0.25, -0.2) is 4.39 Å². The highest BCUT2D eigenvalue weighted by molar-refractivity contribution is 9.10. The molecule has 1 rings (SSSR count). The summed E-state index contributed by atoms with van der Waals surface area (Å²) in [5.41, 5.74) is 5.36. The normalized spacial score (nSPS) is 14.5. The average Bonchev–Trinajstić information content (AvgIpc) is 2.31. The molecule has 0 fully saturated rings. The first kappa shape index (κ1) is 15.6. The van der Waals surface area contributed by atoms with E-state index >= 15 is 0 Å². The molecule has 0 amide bonds. The summed E-state index contributed by atoms with van der Waals surface area (Å²) in [6.45, 7) is 0.757. The molecule has 0 saturated carbocycles. The molecule has 0 saturated heterocycles. The van der Waals surface area contributed by atoms with Crippen molar-refractivity contribution in [3.63, 3.8) is 0 Å². The second-order valence-electron chi connectivity index (χ2n) is 4.46. The summed E-state index contributed by atoms with van der Waals surface area (Å²) in [6, 6.07) is 4.45. The smallest absolute Gasteiger partial charge is 0.124 e. The summed E-state index contributed by atoms with van der Waals surface area (Å²) >= 11 is 3.30. The Hall–Kier alpha value is -0.490. The highest BCUT2D eigenvalue weighted by Crippen LogP contribution is 2.25. The molecule has 1 atom stereocenters. The number of rotatable bonds is 7. The molecule has 0 aliphatic heterocycles. The van der Waals surface area contributed by atoms with Crippen molar-refractivity contribution in [2.24, 2.45) is 5.73 Å². The van der Waals surface area contributed by atoms with Crippen LogP contribution in [0, 0.1) is 5.82 Å². The molecule has 0 spiro atoms. The van der Waals surface area contributed by atoms with E-state index in [1.165, 1.54) is 12.1 Å². The van der Waals surface area contributed by atoms with Crippen molar-refractivity contribution in [2.45, 2.75) is 24.9 Å². The zero-order valence-electron chi connectivity index (χ0n) is 10.5. The van der Waals surface area contributed by atoms with Gasteiger partial charge in [0.1, 0.15) is 5.82 Å². The number of halogens is 2. The van der Waals surface area contributed by atoms with E-state index < -0.39 is 5.60 Å². The second-order valence-corrected chi connectivity index (χ2v) is 5.32. The molecule has 1 aromatic rings. The molecule has 3 nitrogen and oxygen atoms in total. The summed E-state index contributed by atoms with van der Waals surface area (Å²) in [5.74, 6) is -0.303. The third-order valence-corrected chi connectivity index (χ3v) is 3.53. The van der Waals surface area contributed by atoms with Crippen molar-refractivity contribution < 1.29 is 14.2 Å². The molecule has 0 aliphatic rings. The van der Waals surface area contributed by atoms with E-state index in [-0.39, 0.29) is 12.4 Å². The van der Waals surface area contributed by atoms with E-state index in [0.717, 1.165) is 12.0 Å². The monoisotopic (exact) mass is 319 g/mol.